The molecule has 0 fully saturated rings. The summed E-state index contributed by atoms with van der Waals surface area (Å²) in [7, 11) is 0. The average Bonchev–Trinajstić information content (AvgIpc) is 2.64. The topological polar surface area (TPSA) is 71.1 Å². The van der Waals surface area contributed by atoms with Crippen LogP contribution >= 0.6 is 15.9 Å². The summed E-state index contributed by atoms with van der Waals surface area (Å²) in [6, 6.07) is 13.1. The smallest absolute Gasteiger partial charge is 0.252 e. The second kappa shape index (κ2) is 8.05. The van der Waals surface area contributed by atoms with E-state index in [1.54, 1.807) is 12.3 Å². The highest BCUT2D eigenvalue weighted by Crippen LogP contribution is 2.21. The molecule has 2 aromatic carbocycles. The number of benzene rings is 2. The Hall–Kier alpha value is -2.80. The molecule has 1 heterocycles. The summed E-state index contributed by atoms with van der Waals surface area (Å²) in [5.41, 5.74) is 1.51. The lowest BCUT2D eigenvalue weighted by Crippen LogP contribution is -2.28. The molecule has 2 N–H and O–H groups in total. The summed E-state index contributed by atoms with van der Waals surface area (Å²) in [6.45, 7) is 0.131. The third-order valence-corrected chi connectivity index (χ3v) is 4.41. The number of nitrogens with one attached hydrogen (secondary N) is 2. The van der Waals surface area contributed by atoms with Crippen molar-refractivity contribution in [3.8, 4) is 0 Å². The van der Waals surface area contributed by atoms with E-state index < -0.39 is 11.7 Å². The molecule has 0 radical (unpaired) electrons. The first-order valence-electron chi connectivity index (χ1n) is 7.91. The number of halogens is 2. The van der Waals surface area contributed by atoms with Crippen molar-refractivity contribution >= 4 is 44.3 Å². The lowest BCUT2D eigenvalue weighted by molar-refractivity contribution is -0.116. The number of fused-ring (bicyclic) bond motifs is 1. The van der Waals surface area contributed by atoms with E-state index in [9.17, 15) is 14.0 Å². The van der Waals surface area contributed by atoms with Gasteiger partial charge in [0.1, 0.15) is 5.82 Å². The lowest BCUT2D eigenvalue weighted by Gasteiger charge is -2.09. The van der Waals surface area contributed by atoms with Crippen molar-refractivity contribution in [2.45, 2.75) is 6.42 Å². The Labute approximate surface area is 157 Å². The number of hydrogen-bond donors (Lipinski definition) is 2. The van der Waals surface area contributed by atoms with Gasteiger partial charge in [0.25, 0.3) is 5.91 Å². The predicted molar refractivity (Wildman–Crippen MR) is 101 cm³/mol. The van der Waals surface area contributed by atoms with E-state index in [2.05, 4.69) is 31.5 Å². The molecule has 0 atom stereocenters. The van der Waals surface area contributed by atoms with Gasteiger partial charge in [0.15, 0.2) is 0 Å². The van der Waals surface area contributed by atoms with E-state index >= 15 is 0 Å². The van der Waals surface area contributed by atoms with Crippen LogP contribution in [-0.4, -0.2) is 23.3 Å². The molecule has 0 saturated heterocycles. The summed E-state index contributed by atoms with van der Waals surface area (Å²) in [4.78, 5) is 28.5. The summed E-state index contributed by atoms with van der Waals surface area (Å²) < 4.78 is 13.7. The molecule has 3 rings (SSSR count). The maximum absolute atomic E-state index is 13.3. The Morgan fingerprint density at radius 3 is 2.77 bits per heavy atom. The Bertz CT molecular complexity index is 973. The Balaban J connectivity index is 1.57. The van der Waals surface area contributed by atoms with Crippen molar-refractivity contribution in [3.05, 3.63) is 70.6 Å². The molecule has 1 aromatic heterocycles. The quantitative estimate of drug-likeness (QED) is 0.663. The number of rotatable bonds is 5. The minimum Gasteiger partial charge on any atom is -0.351 e. The fraction of sp³-hybridized carbons (Fsp3) is 0.105. The predicted octanol–water partition coefficient (Wildman–Crippen LogP) is 3.90. The van der Waals surface area contributed by atoms with Crippen LogP contribution in [0.2, 0.25) is 0 Å². The minimum absolute atomic E-state index is 0.0852. The second-order valence-corrected chi connectivity index (χ2v) is 6.41. The molecule has 0 saturated carbocycles. The molecule has 26 heavy (non-hydrogen) atoms. The zero-order chi connectivity index (χ0) is 18.5. The van der Waals surface area contributed by atoms with Gasteiger partial charge in [-0.25, -0.2) is 4.39 Å². The van der Waals surface area contributed by atoms with Crippen LogP contribution in [0, 0.1) is 5.82 Å². The zero-order valence-electron chi connectivity index (χ0n) is 13.6. The number of nitrogens with zero attached hydrogens (tertiary/aromatic N) is 1. The Kier molecular flexibility index (Phi) is 5.58. The van der Waals surface area contributed by atoms with Crippen molar-refractivity contribution in [2.24, 2.45) is 0 Å². The average molecular weight is 416 g/mol. The summed E-state index contributed by atoms with van der Waals surface area (Å²) >= 11 is 3.21. The number of aromatic nitrogens is 1. The first-order chi connectivity index (χ1) is 12.5. The standard InChI is InChI=1S/C19H15BrFN3O2/c20-15-7-6-13(21)11-14(15)19(26)23-10-8-17(25)24-16-5-1-3-12-4-2-9-22-18(12)16/h1-7,9,11H,8,10H2,(H,23,26)(H,24,25). The molecule has 0 aliphatic rings. The maximum atomic E-state index is 13.3. The van der Waals surface area contributed by atoms with E-state index in [-0.39, 0.29) is 24.4 Å². The zero-order valence-corrected chi connectivity index (χ0v) is 15.2. The van der Waals surface area contributed by atoms with Crippen LogP contribution in [0.5, 0.6) is 0 Å². The van der Waals surface area contributed by atoms with Gasteiger partial charge < -0.3 is 10.6 Å². The van der Waals surface area contributed by atoms with Crippen molar-refractivity contribution in [1.29, 1.82) is 0 Å². The number of pyridine rings is 1. The highest BCUT2D eigenvalue weighted by Gasteiger charge is 2.12. The number of carbonyl (C=O) groups is 2. The Morgan fingerprint density at radius 2 is 1.92 bits per heavy atom. The monoisotopic (exact) mass is 415 g/mol. The van der Waals surface area contributed by atoms with Gasteiger partial charge >= 0.3 is 0 Å². The first-order valence-corrected chi connectivity index (χ1v) is 8.71. The summed E-state index contributed by atoms with van der Waals surface area (Å²) in [6.07, 6.45) is 1.75. The van der Waals surface area contributed by atoms with Crippen LogP contribution in [0.25, 0.3) is 10.9 Å². The van der Waals surface area contributed by atoms with Gasteiger partial charge in [0.2, 0.25) is 5.91 Å². The molecular weight excluding hydrogens is 401 g/mol. The van der Waals surface area contributed by atoms with Crippen LogP contribution in [0.4, 0.5) is 10.1 Å². The van der Waals surface area contributed by atoms with Gasteiger partial charge in [-0.05, 0) is 46.3 Å². The van der Waals surface area contributed by atoms with Crippen molar-refractivity contribution in [2.75, 3.05) is 11.9 Å². The number of para-hydroxylation sites is 1. The number of carbonyl (C=O) groups excluding carboxylic acids is 2. The van der Waals surface area contributed by atoms with E-state index in [0.29, 0.717) is 15.7 Å². The van der Waals surface area contributed by atoms with Gasteiger partial charge in [-0.3, -0.25) is 14.6 Å². The lowest BCUT2D eigenvalue weighted by atomic mass is 10.2. The van der Waals surface area contributed by atoms with Crippen LogP contribution < -0.4 is 10.6 Å². The SMILES string of the molecule is O=C(CCNC(=O)c1cc(F)ccc1Br)Nc1cccc2cccnc12. The van der Waals surface area contributed by atoms with Gasteiger partial charge in [0, 0.05) is 29.0 Å². The number of hydrogen-bond acceptors (Lipinski definition) is 3. The molecule has 0 unspecified atom stereocenters. The molecule has 0 bridgehead atoms. The van der Waals surface area contributed by atoms with Crippen LogP contribution in [0.3, 0.4) is 0 Å². The van der Waals surface area contributed by atoms with Gasteiger partial charge in [0.05, 0.1) is 16.8 Å². The molecule has 7 heteroatoms. The maximum Gasteiger partial charge on any atom is 0.252 e. The molecule has 0 aliphatic heterocycles. The van der Waals surface area contributed by atoms with Crippen LogP contribution in [0.1, 0.15) is 16.8 Å². The summed E-state index contributed by atoms with van der Waals surface area (Å²) in [5, 5.41) is 6.33. The molecular formula is C19H15BrFN3O2. The molecule has 132 valence electrons. The fourth-order valence-corrected chi connectivity index (χ4v) is 2.90. The van der Waals surface area contributed by atoms with Gasteiger partial charge in [-0.1, -0.05) is 18.2 Å². The number of amides is 2. The fourth-order valence-electron chi connectivity index (χ4n) is 2.47. The van der Waals surface area contributed by atoms with Crippen molar-refractivity contribution in [1.82, 2.24) is 10.3 Å². The van der Waals surface area contributed by atoms with Crippen molar-refractivity contribution in [3.63, 3.8) is 0 Å². The molecule has 5 nitrogen and oxygen atoms in total. The molecule has 3 aromatic rings. The molecule has 0 spiro atoms. The van der Waals surface area contributed by atoms with E-state index in [1.807, 2.05) is 24.3 Å². The van der Waals surface area contributed by atoms with Crippen LogP contribution in [-0.2, 0) is 4.79 Å². The second-order valence-electron chi connectivity index (χ2n) is 5.56. The normalized spacial score (nSPS) is 10.5. The molecule has 2 amide bonds. The largest absolute Gasteiger partial charge is 0.351 e. The third kappa shape index (κ3) is 4.23. The van der Waals surface area contributed by atoms with Gasteiger partial charge in [-0.2, -0.15) is 0 Å². The highest BCUT2D eigenvalue weighted by atomic mass is 79.9. The number of anilines is 1. The van der Waals surface area contributed by atoms with E-state index in [4.69, 9.17) is 0 Å². The highest BCUT2D eigenvalue weighted by molar-refractivity contribution is 9.10. The van der Waals surface area contributed by atoms with Crippen LogP contribution in [0.15, 0.2) is 59.2 Å². The Morgan fingerprint density at radius 1 is 1.12 bits per heavy atom. The first kappa shape index (κ1) is 18.0. The minimum atomic E-state index is -0.500. The molecule has 0 aliphatic carbocycles. The van der Waals surface area contributed by atoms with E-state index in [1.165, 1.54) is 12.1 Å². The summed E-state index contributed by atoms with van der Waals surface area (Å²) in [5.74, 6) is -1.20. The van der Waals surface area contributed by atoms with Gasteiger partial charge in [-0.15, -0.1) is 0 Å². The third-order valence-electron chi connectivity index (χ3n) is 3.72. The van der Waals surface area contributed by atoms with E-state index in [0.717, 1.165) is 11.5 Å². The van der Waals surface area contributed by atoms with Crippen molar-refractivity contribution < 1.29 is 14.0 Å².